The molecule has 0 aromatic heterocycles. The quantitative estimate of drug-likeness (QED) is 0.565. The van der Waals surface area contributed by atoms with Crippen LogP contribution in [0.15, 0.2) is 0 Å². The maximum Gasteiger partial charge on any atom is 0.234 e. The van der Waals surface area contributed by atoms with Gasteiger partial charge in [-0.3, -0.25) is 9.69 Å². The average molecular weight is 372 g/mol. The highest BCUT2D eigenvalue weighted by Crippen LogP contribution is 2.20. The molecule has 2 saturated heterocycles. The average Bonchev–Trinajstić information content (AvgIpc) is 2.62. The molecule has 0 bridgehead atoms. The summed E-state index contributed by atoms with van der Waals surface area (Å²) in [4.78, 5) is 19.5. The van der Waals surface area contributed by atoms with Crippen LogP contribution in [-0.2, 0) is 4.79 Å². The zero-order valence-corrected chi connectivity index (χ0v) is 17.3. The molecule has 1 amide bonds. The van der Waals surface area contributed by atoms with Gasteiger partial charge in [0, 0.05) is 55.2 Å². The van der Waals surface area contributed by atoms with Gasteiger partial charge in [-0.1, -0.05) is 20.8 Å². The number of rotatable bonds is 10. The van der Waals surface area contributed by atoms with Gasteiger partial charge in [0.1, 0.15) is 0 Å². The van der Waals surface area contributed by atoms with Crippen molar-refractivity contribution in [1.82, 2.24) is 25.3 Å². The standard InChI is InChI=1S/C20H41N5O.2H2/c1-4-21-7-8-22-20(26)17-25-13-11-24(12-14-25)16-19-5-9-23(10-6-19)15-18(2)3;;/h18-19,21H,4-17H2,1-3H3,(H,22,26);2*1H. The van der Waals surface area contributed by atoms with E-state index in [1.807, 2.05) is 0 Å². The van der Waals surface area contributed by atoms with Crippen LogP contribution >= 0.6 is 0 Å². The summed E-state index contributed by atoms with van der Waals surface area (Å²) < 4.78 is 0. The van der Waals surface area contributed by atoms with E-state index < -0.39 is 0 Å². The van der Waals surface area contributed by atoms with Crippen LogP contribution in [-0.4, -0.2) is 99.1 Å². The Morgan fingerprint density at radius 3 is 2.27 bits per heavy atom. The highest BCUT2D eigenvalue weighted by atomic mass is 16.2. The lowest BCUT2D eigenvalue weighted by molar-refractivity contribution is -0.122. The fraction of sp³-hybridized carbons (Fsp3) is 0.950. The second kappa shape index (κ2) is 11.9. The normalized spacial score (nSPS) is 21.4. The van der Waals surface area contributed by atoms with Crippen molar-refractivity contribution in [3.05, 3.63) is 0 Å². The molecule has 0 unspecified atom stereocenters. The molecule has 6 heteroatoms. The van der Waals surface area contributed by atoms with Gasteiger partial charge < -0.3 is 20.4 Å². The minimum Gasteiger partial charge on any atom is -0.354 e. The Hall–Kier alpha value is -0.690. The third-order valence-corrected chi connectivity index (χ3v) is 5.55. The molecular weight excluding hydrogens is 326 g/mol. The number of piperazine rings is 1. The monoisotopic (exact) mass is 371 g/mol. The van der Waals surface area contributed by atoms with Crippen molar-refractivity contribution in [2.45, 2.75) is 33.6 Å². The highest BCUT2D eigenvalue weighted by molar-refractivity contribution is 5.78. The van der Waals surface area contributed by atoms with Gasteiger partial charge in [-0.2, -0.15) is 0 Å². The fourth-order valence-corrected chi connectivity index (χ4v) is 4.09. The summed E-state index contributed by atoms with van der Waals surface area (Å²) in [6.45, 7) is 19.1. The van der Waals surface area contributed by atoms with Crippen LogP contribution in [0.1, 0.15) is 36.5 Å². The summed E-state index contributed by atoms with van der Waals surface area (Å²) >= 11 is 0. The Bertz CT molecular complexity index is 398. The Morgan fingerprint density at radius 2 is 1.65 bits per heavy atom. The molecule has 0 spiro atoms. The first-order valence-corrected chi connectivity index (χ1v) is 10.7. The number of amides is 1. The Balaban J connectivity index is 0.00000364. The molecule has 2 fully saturated rings. The maximum absolute atomic E-state index is 12.0. The molecule has 2 N–H and O–H groups in total. The summed E-state index contributed by atoms with van der Waals surface area (Å²) in [5.41, 5.74) is 0. The minimum absolute atomic E-state index is 0. The molecule has 0 radical (unpaired) electrons. The van der Waals surface area contributed by atoms with E-state index in [0.717, 1.165) is 57.6 Å². The van der Waals surface area contributed by atoms with E-state index >= 15 is 0 Å². The number of likely N-dealkylation sites (tertiary alicyclic amines) is 1. The summed E-state index contributed by atoms with van der Waals surface area (Å²) in [5.74, 6) is 1.80. The van der Waals surface area contributed by atoms with Crippen molar-refractivity contribution in [3.8, 4) is 0 Å². The zero-order valence-electron chi connectivity index (χ0n) is 17.3. The number of nitrogens with zero attached hydrogens (tertiary/aromatic N) is 3. The predicted octanol–water partition coefficient (Wildman–Crippen LogP) is 1.19. The number of nitrogens with one attached hydrogen (secondary N) is 2. The molecule has 0 atom stereocenters. The van der Waals surface area contributed by atoms with Crippen molar-refractivity contribution >= 4 is 5.91 Å². The van der Waals surface area contributed by atoms with Crippen molar-refractivity contribution in [2.24, 2.45) is 11.8 Å². The Kier molecular flexibility index (Phi) is 9.89. The van der Waals surface area contributed by atoms with Gasteiger partial charge in [0.2, 0.25) is 5.91 Å². The van der Waals surface area contributed by atoms with Crippen LogP contribution in [0.4, 0.5) is 0 Å². The third kappa shape index (κ3) is 8.33. The van der Waals surface area contributed by atoms with E-state index in [2.05, 4.69) is 46.1 Å². The smallest absolute Gasteiger partial charge is 0.234 e. The van der Waals surface area contributed by atoms with Crippen LogP contribution < -0.4 is 10.6 Å². The van der Waals surface area contributed by atoms with E-state index in [0.29, 0.717) is 6.54 Å². The van der Waals surface area contributed by atoms with Gasteiger partial charge >= 0.3 is 0 Å². The van der Waals surface area contributed by atoms with Crippen molar-refractivity contribution in [2.75, 3.05) is 78.5 Å². The third-order valence-electron chi connectivity index (χ3n) is 5.55. The Labute approximate surface area is 163 Å². The van der Waals surface area contributed by atoms with Gasteiger partial charge in [0.25, 0.3) is 0 Å². The van der Waals surface area contributed by atoms with Gasteiger partial charge in [-0.15, -0.1) is 0 Å². The first-order valence-electron chi connectivity index (χ1n) is 10.7. The summed E-state index contributed by atoms with van der Waals surface area (Å²) in [6.07, 6.45) is 2.70. The van der Waals surface area contributed by atoms with Crippen LogP contribution in [0, 0.1) is 11.8 Å². The first-order chi connectivity index (χ1) is 12.6. The summed E-state index contributed by atoms with van der Waals surface area (Å²) in [7, 11) is 0. The molecular formula is C20H45N5O. The molecule has 2 aliphatic rings. The lowest BCUT2D eigenvalue weighted by Gasteiger charge is -2.39. The molecule has 6 nitrogen and oxygen atoms in total. The molecule has 156 valence electrons. The van der Waals surface area contributed by atoms with E-state index in [1.54, 1.807) is 0 Å². The predicted molar refractivity (Wildman–Crippen MR) is 113 cm³/mol. The maximum atomic E-state index is 12.0. The topological polar surface area (TPSA) is 50.9 Å². The van der Waals surface area contributed by atoms with E-state index in [4.69, 9.17) is 0 Å². The molecule has 2 rings (SSSR count). The number of piperidine rings is 1. The van der Waals surface area contributed by atoms with Gasteiger partial charge in [0.05, 0.1) is 6.54 Å². The van der Waals surface area contributed by atoms with E-state index in [1.165, 1.54) is 39.0 Å². The molecule has 2 aliphatic heterocycles. The lowest BCUT2D eigenvalue weighted by Crippen LogP contribution is -2.51. The SMILES string of the molecule is CCNCCNC(=O)CN1CCN(CC2CCN(CC(C)C)CC2)CC1.[HH].[HH]. The summed E-state index contributed by atoms with van der Waals surface area (Å²) in [6, 6.07) is 0. The van der Waals surface area contributed by atoms with Crippen LogP contribution in [0.5, 0.6) is 0 Å². The molecule has 0 aromatic carbocycles. The molecule has 0 aromatic rings. The lowest BCUT2D eigenvalue weighted by atomic mass is 9.95. The summed E-state index contributed by atoms with van der Waals surface area (Å²) in [5, 5.41) is 6.22. The van der Waals surface area contributed by atoms with Crippen LogP contribution in [0.3, 0.4) is 0 Å². The molecule has 2 heterocycles. The molecule has 26 heavy (non-hydrogen) atoms. The molecule has 0 saturated carbocycles. The van der Waals surface area contributed by atoms with Gasteiger partial charge in [-0.05, 0) is 44.3 Å². The van der Waals surface area contributed by atoms with Crippen LogP contribution in [0.25, 0.3) is 0 Å². The number of likely N-dealkylation sites (N-methyl/N-ethyl adjacent to an activating group) is 1. The first kappa shape index (κ1) is 21.6. The zero-order chi connectivity index (χ0) is 18.8. The van der Waals surface area contributed by atoms with E-state index in [-0.39, 0.29) is 8.76 Å². The van der Waals surface area contributed by atoms with Crippen molar-refractivity contribution in [3.63, 3.8) is 0 Å². The van der Waals surface area contributed by atoms with Crippen molar-refractivity contribution in [1.29, 1.82) is 0 Å². The second-order valence-corrected chi connectivity index (χ2v) is 8.42. The number of hydrogen-bond donors (Lipinski definition) is 2. The second-order valence-electron chi connectivity index (χ2n) is 8.42. The Morgan fingerprint density at radius 1 is 1.00 bits per heavy atom. The van der Waals surface area contributed by atoms with Crippen molar-refractivity contribution < 1.29 is 7.65 Å². The number of carbonyl (C=O) groups excluding carboxylic acids is 1. The van der Waals surface area contributed by atoms with Crippen LogP contribution in [0.2, 0.25) is 0 Å². The minimum atomic E-state index is 0. The van der Waals surface area contributed by atoms with E-state index in [9.17, 15) is 4.79 Å². The molecule has 0 aliphatic carbocycles. The highest BCUT2D eigenvalue weighted by Gasteiger charge is 2.24. The van der Waals surface area contributed by atoms with Gasteiger partial charge in [0.15, 0.2) is 0 Å². The largest absolute Gasteiger partial charge is 0.354 e. The van der Waals surface area contributed by atoms with Gasteiger partial charge in [-0.25, -0.2) is 0 Å². The fourth-order valence-electron chi connectivity index (χ4n) is 4.09. The number of hydrogen-bond acceptors (Lipinski definition) is 5. The number of carbonyl (C=O) groups is 1.